The zero-order chi connectivity index (χ0) is 13.5. The Hall–Kier alpha value is -1.14. The first-order valence-electron chi connectivity index (χ1n) is 6.35. The Morgan fingerprint density at radius 2 is 2.22 bits per heavy atom. The van der Waals surface area contributed by atoms with Gasteiger partial charge in [0.05, 0.1) is 13.2 Å². The number of morpholine rings is 1. The van der Waals surface area contributed by atoms with Gasteiger partial charge in [-0.15, -0.1) is 0 Å². The van der Waals surface area contributed by atoms with Crippen LogP contribution in [0.25, 0.3) is 0 Å². The molecule has 1 unspecified atom stereocenters. The van der Waals surface area contributed by atoms with Crippen LogP contribution in [0.4, 0.5) is 0 Å². The predicted octanol–water partition coefficient (Wildman–Crippen LogP) is 0.0766. The van der Waals surface area contributed by atoms with Gasteiger partial charge in [-0.05, 0) is 13.0 Å². The number of carboxylic acid groups (broad SMARTS) is 1. The van der Waals surface area contributed by atoms with Crippen LogP contribution < -0.4 is 5.32 Å². The number of amides is 1. The smallest absolute Gasteiger partial charge is 0.328 e. The monoisotopic (exact) mass is 258 g/mol. The molecule has 0 aromatic carbocycles. The molecule has 0 spiro atoms. The van der Waals surface area contributed by atoms with Gasteiger partial charge in [0.2, 0.25) is 5.91 Å². The molecule has 1 atom stereocenters. The molecule has 6 heteroatoms. The summed E-state index contributed by atoms with van der Waals surface area (Å²) in [5.74, 6) is -1.10. The minimum Gasteiger partial charge on any atom is -0.480 e. The molecular weight excluding hydrogens is 236 g/mol. The number of hydrogen-bond donors (Lipinski definition) is 2. The topological polar surface area (TPSA) is 78.9 Å². The second kappa shape index (κ2) is 7.33. The molecule has 1 rings (SSSR count). The van der Waals surface area contributed by atoms with Crippen LogP contribution in [0.5, 0.6) is 0 Å². The number of nitrogens with zero attached hydrogens (tertiary/aromatic N) is 1. The van der Waals surface area contributed by atoms with Crippen LogP contribution in [0, 0.1) is 0 Å². The van der Waals surface area contributed by atoms with E-state index in [4.69, 9.17) is 9.84 Å². The van der Waals surface area contributed by atoms with E-state index in [-0.39, 0.29) is 12.5 Å². The number of hydrogen-bond acceptors (Lipinski definition) is 4. The summed E-state index contributed by atoms with van der Waals surface area (Å²) in [5.41, 5.74) is 0. The fourth-order valence-electron chi connectivity index (χ4n) is 1.88. The maximum atomic E-state index is 11.9. The molecule has 0 aromatic heterocycles. The molecule has 1 fully saturated rings. The van der Waals surface area contributed by atoms with E-state index < -0.39 is 12.0 Å². The van der Waals surface area contributed by atoms with E-state index in [1.165, 1.54) is 4.90 Å². The summed E-state index contributed by atoms with van der Waals surface area (Å²) in [6.07, 6.45) is 1.10. The predicted molar refractivity (Wildman–Crippen MR) is 66.3 cm³/mol. The van der Waals surface area contributed by atoms with E-state index in [0.717, 1.165) is 13.0 Å². The summed E-state index contributed by atoms with van der Waals surface area (Å²) in [4.78, 5) is 24.4. The molecule has 0 aliphatic carbocycles. The molecule has 1 aliphatic rings. The van der Waals surface area contributed by atoms with Gasteiger partial charge in [0.1, 0.15) is 0 Å². The largest absolute Gasteiger partial charge is 0.480 e. The third-order valence-electron chi connectivity index (χ3n) is 2.85. The van der Waals surface area contributed by atoms with Gasteiger partial charge < -0.3 is 20.1 Å². The first kappa shape index (κ1) is 14.9. The fourth-order valence-corrected chi connectivity index (χ4v) is 1.88. The second-order valence-corrected chi connectivity index (χ2v) is 4.73. The van der Waals surface area contributed by atoms with Crippen LogP contribution in [0.2, 0.25) is 0 Å². The van der Waals surface area contributed by atoms with Gasteiger partial charge >= 0.3 is 5.97 Å². The third kappa shape index (κ3) is 4.62. The number of carbonyl (C=O) groups excluding carboxylic acids is 1. The normalized spacial score (nSPS) is 20.2. The lowest BCUT2D eigenvalue weighted by Crippen LogP contribution is -2.52. The van der Waals surface area contributed by atoms with Gasteiger partial charge in [-0.2, -0.15) is 0 Å². The summed E-state index contributed by atoms with van der Waals surface area (Å²) in [5, 5.41) is 12.2. The van der Waals surface area contributed by atoms with Crippen LogP contribution in [-0.4, -0.2) is 60.3 Å². The molecule has 1 amide bonds. The van der Waals surface area contributed by atoms with Gasteiger partial charge in [-0.3, -0.25) is 4.79 Å². The highest BCUT2D eigenvalue weighted by Gasteiger charge is 2.32. The summed E-state index contributed by atoms with van der Waals surface area (Å²) in [7, 11) is 0. The molecule has 18 heavy (non-hydrogen) atoms. The van der Waals surface area contributed by atoms with Crippen LogP contribution in [-0.2, 0) is 14.3 Å². The minimum absolute atomic E-state index is 0.0886. The molecule has 104 valence electrons. The average Bonchev–Trinajstić information content (AvgIpc) is 2.34. The molecule has 2 N–H and O–H groups in total. The Morgan fingerprint density at radius 3 is 2.83 bits per heavy atom. The van der Waals surface area contributed by atoms with Crippen molar-refractivity contribution in [1.29, 1.82) is 0 Å². The van der Waals surface area contributed by atoms with E-state index in [0.29, 0.717) is 25.6 Å². The Balaban J connectivity index is 2.36. The molecule has 6 nitrogen and oxygen atoms in total. The van der Waals surface area contributed by atoms with Crippen molar-refractivity contribution in [1.82, 2.24) is 10.2 Å². The highest BCUT2D eigenvalue weighted by molar-refractivity contribution is 5.83. The molecule has 0 saturated carbocycles. The zero-order valence-electron chi connectivity index (χ0n) is 11.0. The quantitative estimate of drug-likeness (QED) is 0.659. The SMILES string of the molecule is CC(C)NCCCC(=O)N1CCOCC1C(=O)O. The molecular formula is C12H22N2O4. The Morgan fingerprint density at radius 1 is 1.50 bits per heavy atom. The highest BCUT2D eigenvalue weighted by Crippen LogP contribution is 2.10. The van der Waals surface area contributed by atoms with Crippen molar-refractivity contribution in [2.75, 3.05) is 26.3 Å². The standard InChI is InChI=1S/C12H22N2O4/c1-9(2)13-5-3-4-11(15)14-6-7-18-8-10(14)12(16)17/h9-10,13H,3-8H2,1-2H3,(H,16,17). The number of aliphatic carboxylic acids is 1. The van der Waals surface area contributed by atoms with E-state index >= 15 is 0 Å². The second-order valence-electron chi connectivity index (χ2n) is 4.73. The van der Waals surface area contributed by atoms with Crippen LogP contribution in [0.3, 0.4) is 0 Å². The first-order chi connectivity index (χ1) is 8.52. The summed E-state index contributed by atoms with van der Waals surface area (Å²) in [6, 6.07) is -0.431. The van der Waals surface area contributed by atoms with E-state index in [9.17, 15) is 9.59 Å². The molecule has 1 aliphatic heterocycles. The molecule has 0 aromatic rings. The van der Waals surface area contributed by atoms with Crippen molar-refractivity contribution in [3.05, 3.63) is 0 Å². The summed E-state index contributed by atoms with van der Waals surface area (Å²) < 4.78 is 5.09. The van der Waals surface area contributed by atoms with E-state index in [2.05, 4.69) is 5.32 Å². The van der Waals surface area contributed by atoms with Crippen molar-refractivity contribution in [2.45, 2.75) is 38.8 Å². The highest BCUT2D eigenvalue weighted by atomic mass is 16.5. The number of ether oxygens (including phenoxy) is 1. The molecule has 1 heterocycles. The Bertz CT molecular complexity index is 294. The van der Waals surface area contributed by atoms with Crippen LogP contribution in [0.15, 0.2) is 0 Å². The lowest BCUT2D eigenvalue weighted by molar-refractivity contribution is -0.158. The third-order valence-corrected chi connectivity index (χ3v) is 2.85. The van der Waals surface area contributed by atoms with Gasteiger partial charge in [0, 0.05) is 19.0 Å². The van der Waals surface area contributed by atoms with Crippen LogP contribution in [0.1, 0.15) is 26.7 Å². The van der Waals surface area contributed by atoms with Crippen molar-refractivity contribution in [3.63, 3.8) is 0 Å². The number of carboxylic acids is 1. The molecule has 1 saturated heterocycles. The zero-order valence-corrected chi connectivity index (χ0v) is 11.0. The Labute approximate surface area is 107 Å². The van der Waals surface area contributed by atoms with Crippen molar-refractivity contribution in [3.8, 4) is 0 Å². The fraction of sp³-hybridized carbons (Fsp3) is 0.833. The first-order valence-corrected chi connectivity index (χ1v) is 6.35. The van der Waals surface area contributed by atoms with Gasteiger partial charge in [0.25, 0.3) is 0 Å². The molecule has 0 bridgehead atoms. The number of nitrogens with one attached hydrogen (secondary N) is 1. The van der Waals surface area contributed by atoms with Crippen LogP contribution >= 0.6 is 0 Å². The van der Waals surface area contributed by atoms with E-state index in [1.54, 1.807) is 0 Å². The van der Waals surface area contributed by atoms with Gasteiger partial charge in [0.15, 0.2) is 6.04 Å². The lowest BCUT2D eigenvalue weighted by atomic mass is 10.2. The lowest BCUT2D eigenvalue weighted by Gasteiger charge is -2.32. The summed E-state index contributed by atoms with van der Waals surface area (Å²) >= 11 is 0. The van der Waals surface area contributed by atoms with Crippen molar-refractivity contribution in [2.24, 2.45) is 0 Å². The van der Waals surface area contributed by atoms with Gasteiger partial charge in [-0.1, -0.05) is 13.8 Å². The Kier molecular flexibility index (Phi) is 6.07. The van der Waals surface area contributed by atoms with Crippen molar-refractivity contribution >= 4 is 11.9 Å². The minimum atomic E-state index is -0.997. The van der Waals surface area contributed by atoms with Gasteiger partial charge in [-0.25, -0.2) is 4.79 Å². The maximum absolute atomic E-state index is 11.9. The summed E-state index contributed by atoms with van der Waals surface area (Å²) in [6.45, 7) is 5.73. The van der Waals surface area contributed by atoms with E-state index in [1.807, 2.05) is 13.8 Å². The average molecular weight is 258 g/mol. The molecule has 0 radical (unpaired) electrons. The number of rotatable bonds is 6. The maximum Gasteiger partial charge on any atom is 0.328 e. The van der Waals surface area contributed by atoms with Crippen molar-refractivity contribution < 1.29 is 19.4 Å². The number of carbonyl (C=O) groups is 2.